The van der Waals surface area contributed by atoms with Gasteiger partial charge in [-0.05, 0) is 55.0 Å². The van der Waals surface area contributed by atoms with Gasteiger partial charge in [0.25, 0.3) is 11.8 Å². The molecule has 2 saturated heterocycles. The lowest BCUT2D eigenvalue weighted by atomic mass is 9.98. The van der Waals surface area contributed by atoms with Gasteiger partial charge in [0.05, 0.1) is 6.54 Å². The molecule has 0 spiro atoms. The first-order valence-electron chi connectivity index (χ1n) is 12.2. The summed E-state index contributed by atoms with van der Waals surface area (Å²) >= 11 is 0. The van der Waals surface area contributed by atoms with Gasteiger partial charge in [-0.1, -0.05) is 25.1 Å². The maximum absolute atomic E-state index is 13.0. The molecule has 0 radical (unpaired) electrons. The van der Waals surface area contributed by atoms with Gasteiger partial charge in [0.2, 0.25) is 11.8 Å². The minimum Gasteiger partial charge on any atom is -0.489 e. The number of hydrogen-bond acceptors (Lipinski definition) is 5. The zero-order valence-electron chi connectivity index (χ0n) is 19.8. The fraction of sp³-hybridized carbons (Fsp3) is 0.407. The third-order valence-electron chi connectivity index (χ3n) is 7.21. The van der Waals surface area contributed by atoms with E-state index in [-0.39, 0.29) is 30.7 Å². The van der Waals surface area contributed by atoms with Gasteiger partial charge >= 0.3 is 0 Å². The minimum absolute atomic E-state index is 0.0669. The van der Waals surface area contributed by atoms with Crippen molar-refractivity contribution in [2.75, 3.05) is 13.1 Å². The fourth-order valence-electron chi connectivity index (χ4n) is 4.99. The van der Waals surface area contributed by atoms with E-state index in [1.165, 1.54) is 4.90 Å². The van der Waals surface area contributed by atoms with E-state index in [9.17, 15) is 19.2 Å². The summed E-state index contributed by atoms with van der Waals surface area (Å²) < 4.78 is 6.06. The number of fused-ring (bicyclic) bond motifs is 1. The van der Waals surface area contributed by atoms with Crippen LogP contribution < -0.4 is 10.1 Å². The Balaban J connectivity index is 1.23. The second-order valence-corrected chi connectivity index (χ2v) is 9.64. The van der Waals surface area contributed by atoms with Crippen molar-refractivity contribution in [2.24, 2.45) is 5.92 Å². The van der Waals surface area contributed by atoms with Crippen LogP contribution in [0.5, 0.6) is 5.75 Å². The molecule has 3 heterocycles. The number of nitrogens with zero attached hydrogens (tertiary/aromatic N) is 2. The number of ether oxygens (including phenoxy) is 1. The Morgan fingerprint density at radius 3 is 2.49 bits per heavy atom. The van der Waals surface area contributed by atoms with Gasteiger partial charge in [0, 0.05) is 36.2 Å². The first-order valence-corrected chi connectivity index (χ1v) is 12.2. The highest BCUT2D eigenvalue weighted by molar-refractivity contribution is 6.05. The smallest absolute Gasteiger partial charge is 0.255 e. The molecule has 1 unspecified atom stereocenters. The molecule has 5 rings (SSSR count). The van der Waals surface area contributed by atoms with E-state index < -0.39 is 11.9 Å². The second-order valence-electron chi connectivity index (χ2n) is 9.64. The summed E-state index contributed by atoms with van der Waals surface area (Å²) in [6.07, 6.45) is 2.63. The molecule has 2 aromatic rings. The zero-order valence-corrected chi connectivity index (χ0v) is 19.8. The minimum atomic E-state index is -0.659. The SMILES string of the molecule is CC1CCN(C(=O)c2ccc(COc3cccc4c3CN(C3CCC(=O)NC3=O)C4=O)cc2)CC1. The van der Waals surface area contributed by atoms with Gasteiger partial charge < -0.3 is 14.5 Å². The lowest BCUT2D eigenvalue weighted by Gasteiger charge is -2.30. The summed E-state index contributed by atoms with van der Waals surface area (Å²) in [6.45, 7) is 4.38. The lowest BCUT2D eigenvalue weighted by Crippen LogP contribution is -2.52. The molecule has 3 aliphatic heterocycles. The normalized spacial score (nSPS) is 20.6. The van der Waals surface area contributed by atoms with E-state index in [4.69, 9.17) is 4.74 Å². The number of amides is 4. The van der Waals surface area contributed by atoms with Crippen LogP contribution in [0.1, 0.15) is 64.4 Å². The molecule has 0 saturated carbocycles. The maximum Gasteiger partial charge on any atom is 0.255 e. The average Bonchev–Trinajstić information content (AvgIpc) is 3.20. The van der Waals surface area contributed by atoms with Crippen LogP contribution in [-0.2, 0) is 22.7 Å². The molecule has 35 heavy (non-hydrogen) atoms. The summed E-state index contributed by atoms with van der Waals surface area (Å²) in [5, 5.41) is 2.32. The molecule has 2 fully saturated rings. The first kappa shape index (κ1) is 23.1. The van der Waals surface area contributed by atoms with Gasteiger partial charge in [0.1, 0.15) is 18.4 Å². The molecule has 0 aliphatic carbocycles. The topological polar surface area (TPSA) is 96.0 Å². The highest BCUT2D eigenvalue weighted by atomic mass is 16.5. The monoisotopic (exact) mass is 475 g/mol. The van der Waals surface area contributed by atoms with E-state index in [1.807, 2.05) is 35.2 Å². The van der Waals surface area contributed by atoms with Crippen LogP contribution in [0.3, 0.4) is 0 Å². The number of benzene rings is 2. The highest BCUT2D eigenvalue weighted by Gasteiger charge is 2.40. The summed E-state index contributed by atoms with van der Waals surface area (Å²) in [5.41, 5.74) is 2.85. The van der Waals surface area contributed by atoms with Crippen LogP contribution in [0.2, 0.25) is 0 Å². The third-order valence-corrected chi connectivity index (χ3v) is 7.21. The van der Waals surface area contributed by atoms with Crippen molar-refractivity contribution in [2.45, 2.75) is 51.8 Å². The summed E-state index contributed by atoms with van der Waals surface area (Å²) in [5.74, 6) is 0.362. The molecule has 3 aliphatic rings. The van der Waals surface area contributed by atoms with Crippen LogP contribution in [0.4, 0.5) is 0 Å². The van der Waals surface area contributed by atoms with Crippen molar-refractivity contribution in [3.05, 3.63) is 64.7 Å². The second kappa shape index (κ2) is 9.52. The number of piperidine rings is 2. The van der Waals surface area contributed by atoms with Gasteiger partial charge in [-0.3, -0.25) is 24.5 Å². The van der Waals surface area contributed by atoms with Gasteiger partial charge in [-0.15, -0.1) is 0 Å². The molecule has 182 valence electrons. The van der Waals surface area contributed by atoms with Crippen molar-refractivity contribution in [3.63, 3.8) is 0 Å². The first-order chi connectivity index (χ1) is 16.9. The molecule has 8 heteroatoms. The maximum atomic E-state index is 13.0. The molecule has 1 N–H and O–H groups in total. The summed E-state index contributed by atoms with van der Waals surface area (Å²) in [7, 11) is 0. The Morgan fingerprint density at radius 2 is 1.77 bits per heavy atom. The Morgan fingerprint density at radius 1 is 1.03 bits per heavy atom. The summed E-state index contributed by atoms with van der Waals surface area (Å²) in [4.78, 5) is 52.9. The molecule has 4 amide bonds. The van der Waals surface area contributed by atoms with Crippen LogP contribution in [0.15, 0.2) is 42.5 Å². The predicted octanol–water partition coefficient (Wildman–Crippen LogP) is 2.90. The molecule has 2 aromatic carbocycles. The van der Waals surface area contributed by atoms with Crippen LogP contribution in [0, 0.1) is 5.92 Å². The number of hydrogen-bond donors (Lipinski definition) is 1. The Kier molecular flexibility index (Phi) is 6.28. The van der Waals surface area contributed by atoms with Crippen LogP contribution >= 0.6 is 0 Å². The average molecular weight is 476 g/mol. The number of rotatable bonds is 5. The van der Waals surface area contributed by atoms with Crippen molar-refractivity contribution >= 4 is 23.6 Å². The molecule has 1 atom stereocenters. The Labute approximate surface area is 204 Å². The van der Waals surface area contributed by atoms with E-state index in [0.29, 0.717) is 35.8 Å². The number of carbonyl (C=O) groups is 4. The number of nitrogens with one attached hydrogen (secondary N) is 1. The van der Waals surface area contributed by atoms with Crippen molar-refractivity contribution in [1.82, 2.24) is 15.1 Å². The Bertz CT molecular complexity index is 1170. The zero-order chi connectivity index (χ0) is 24.5. The standard InChI is InChI=1S/C27H29N3O5/c1-17-11-13-29(14-12-17)26(33)19-7-5-18(6-8-19)16-35-23-4-2-3-20-21(23)15-30(27(20)34)22-9-10-24(31)28-25(22)32/h2-8,17,22H,9-16H2,1H3,(H,28,31,32). The van der Waals surface area contributed by atoms with Crippen molar-refractivity contribution in [1.29, 1.82) is 0 Å². The number of carbonyl (C=O) groups excluding carboxylic acids is 4. The molecule has 8 nitrogen and oxygen atoms in total. The largest absolute Gasteiger partial charge is 0.489 e. The van der Waals surface area contributed by atoms with Crippen LogP contribution in [-0.4, -0.2) is 52.6 Å². The van der Waals surface area contributed by atoms with Crippen molar-refractivity contribution in [3.8, 4) is 5.75 Å². The number of likely N-dealkylation sites (tertiary alicyclic amines) is 1. The quantitative estimate of drug-likeness (QED) is 0.671. The van der Waals surface area contributed by atoms with E-state index in [2.05, 4.69) is 12.2 Å². The van der Waals surface area contributed by atoms with Gasteiger partial charge in [-0.2, -0.15) is 0 Å². The van der Waals surface area contributed by atoms with Crippen LogP contribution in [0.25, 0.3) is 0 Å². The third kappa shape index (κ3) is 4.65. The number of imide groups is 1. The van der Waals surface area contributed by atoms with E-state index in [1.54, 1.807) is 12.1 Å². The molecule has 0 bridgehead atoms. The van der Waals surface area contributed by atoms with Gasteiger partial charge in [-0.25, -0.2) is 0 Å². The molecule has 0 aromatic heterocycles. The highest BCUT2D eigenvalue weighted by Crippen LogP contribution is 2.34. The lowest BCUT2D eigenvalue weighted by molar-refractivity contribution is -0.136. The fourth-order valence-corrected chi connectivity index (χ4v) is 4.99. The predicted molar refractivity (Wildman–Crippen MR) is 128 cm³/mol. The summed E-state index contributed by atoms with van der Waals surface area (Å²) in [6, 6.07) is 12.1. The van der Waals surface area contributed by atoms with E-state index >= 15 is 0 Å². The molecular formula is C27H29N3O5. The van der Waals surface area contributed by atoms with Gasteiger partial charge in [0.15, 0.2) is 0 Å². The van der Waals surface area contributed by atoms with Crippen molar-refractivity contribution < 1.29 is 23.9 Å². The van der Waals surface area contributed by atoms with E-state index in [0.717, 1.165) is 37.1 Å². The Hall–Kier alpha value is -3.68. The molecular weight excluding hydrogens is 446 g/mol.